The lowest BCUT2D eigenvalue weighted by Gasteiger charge is -2.59. The van der Waals surface area contributed by atoms with Gasteiger partial charge in [0.1, 0.15) is 6.54 Å². The smallest absolute Gasteiger partial charge is 0.341 e. The number of hydrogen-bond acceptors (Lipinski definition) is 4. The largest absolute Gasteiger partial charge is 0.416 e. The van der Waals surface area contributed by atoms with Gasteiger partial charge in [0.2, 0.25) is 5.91 Å². The number of piperazine rings is 1. The number of nitrogens with zero attached hydrogens (tertiary/aromatic N) is 4. The minimum atomic E-state index is -4.53. The second kappa shape index (κ2) is 8.67. The second-order valence-corrected chi connectivity index (χ2v) is 8.79. The van der Waals surface area contributed by atoms with Gasteiger partial charge < -0.3 is 15.1 Å². The summed E-state index contributed by atoms with van der Waals surface area (Å²) in [5.41, 5.74) is -2.05. The molecule has 0 aliphatic carbocycles. The van der Waals surface area contributed by atoms with Crippen molar-refractivity contribution in [3.05, 3.63) is 58.5 Å². The van der Waals surface area contributed by atoms with Crippen molar-refractivity contribution in [1.82, 2.24) is 20.1 Å². The molecule has 2 aliphatic heterocycles. The van der Waals surface area contributed by atoms with Crippen molar-refractivity contribution in [2.24, 2.45) is 0 Å². The van der Waals surface area contributed by atoms with Gasteiger partial charge in [0.15, 0.2) is 17.2 Å². The summed E-state index contributed by atoms with van der Waals surface area (Å²) < 4.78 is 53.6. The third kappa shape index (κ3) is 4.15. The Kier molecular flexibility index (Phi) is 6.12. The van der Waals surface area contributed by atoms with Gasteiger partial charge >= 0.3 is 12.2 Å². The van der Waals surface area contributed by atoms with Crippen LogP contribution >= 0.6 is 11.6 Å². The molecule has 4 rings (SSSR count). The fraction of sp³-hybridized carbons (Fsp3) is 0.364. The predicted octanol–water partition coefficient (Wildman–Crippen LogP) is 3.22. The van der Waals surface area contributed by atoms with Crippen LogP contribution in [0.5, 0.6) is 0 Å². The highest BCUT2D eigenvalue weighted by molar-refractivity contribution is 6.30. The minimum absolute atomic E-state index is 0.00346. The molecular weight excluding hydrogens is 494 g/mol. The maximum absolute atomic E-state index is 14.6. The molecule has 186 valence electrons. The van der Waals surface area contributed by atoms with Gasteiger partial charge in [-0.15, -0.1) is 0 Å². The highest BCUT2D eigenvalue weighted by Gasteiger charge is 2.62. The Balaban J connectivity index is 1.72. The van der Waals surface area contributed by atoms with E-state index in [9.17, 15) is 31.9 Å². The van der Waals surface area contributed by atoms with Crippen molar-refractivity contribution in [1.29, 1.82) is 0 Å². The molecule has 1 N–H and O–H groups in total. The van der Waals surface area contributed by atoms with Gasteiger partial charge in [-0.1, -0.05) is 23.7 Å². The Labute approximate surface area is 202 Å². The number of aromatic nitrogens is 1. The molecule has 2 fully saturated rings. The van der Waals surface area contributed by atoms with E-state index in [0.717, 1.165) is 29.3 Å². The topological polar surface area (TPSA) is 85.9 Å². The van der Waals surface area contributed by atoms with Crippen molar-refractivity contribution < 1.29 is 31.9 Å². The van der Waals surface area contributed by atoms with Gasteiger partial charge in [-0.3, -0.25) is 14.5 Å². The van der Waals surface area contributed by atoms with Gasteiger partial charge in [0.05, 0.1) is 29.7 Å². The standard InChI is InChI=1S/C22H20ClF4N5O3/c1-12(13-3-5-14(6-4-13)22(25,26)27)32-17(33)9-31(18-16(24)7-15(23)8-29-18)19(34)21(32)10-30(11-21)20(35)28-2/h3-8,12H,9-11H2,1-2H3,(H,28,35). The van der Waals surface area contributed by atoms with Crippen LogP contribution in [0.25, 0.3) is 0 Å². The van der Waals surface area contributed by atoms with Crippen LogP contribution in [0.3, 0.4) is 0 Å². The molecule has 2 aliphatic rings. The number of nitrogens with one attached hydrogen (secondary N) is 1. The Morgan fingerprint density at radius 2 is 1.83 bits per heavy atom. The number of benzene rings is 1. The average Bonchev–Trinajstić information content (AvgIpc) is 2.77. The van der Waals surface area contributed by atoms with Crippen molar-refractivity contribution in [2.75, 3.05) is 31.6 Å². The average molecular weight is 514 g/mol. The Morgan fingerprint density at radius 1 is 1.20 bits per heavy atom. The molecule has 4 amide bonds. The summed E-state index contributed by atoms with van der Waals surface area (Å²) in [6.07, 6.45) is -3.39. The van der Waals surface area contributed by atoms with Gasteiger partial charge in [0.25, 0.3) is 5.91 Å². The number of carbonyl (C=O) groups is 3. The van der Waals surface area contributed by atoms with E-state index < -0.39 is 53.5 Å². The third-order valence-electron chi connectivity index (χ3n) is 6.22. The zero-order valence-electron chi connectivity index (χ0n) is 18.6. The third-order valence-corrected chi connectivity index (χ3v) is 6.43. The number of anilines is 1. The second-order valence-electron chi connectivity index (χ2n) is 8.35. The first-order valence-corrected chi connectivity index (χ1v) is 10.9. The molecular formula is C22H20ClF4N5O3. The molecule has 2 saturated heterocycles. The predicted molar refractivity (Wildman–Crippen MR) is 117 cm³/mol. The lowest BCUT2D eigenvalue weighted by Crippen LogP contribution is -2.82. The van der Waals surface area contributed by atoms with Gasteiger partial charge in [-0.2, -0.15) is 13.2 Å². The molecule has 1 unspecified atom stereocenters. The number of urea groups is 1. The maximum atomic E-state index is 14.6. The van der Waals surface area contributed by atoms with Crippen LogP contribution in [0.15, 0.2) is 36.5 Å². The zero-order valence-corrected chi connectivity index (χ0v) is 19.3. The van der Waals surface area contributed by atoms with Crippen molar-refractivity contribution in [3.63, 3.8) is 0 Å². The summed E-state index contributed by atoms with van der Waals surface area (Å²) in [6, 6.07) is 3.93. The molecule has 0 bridgehead atoms. The molecule has 0 saturated carbocycles. The van der Waals surface area contributed by atoms with Crippen molar-refractivity contribution in [3.8, 4) is 0 Å². The summed E-state index contributed by atoms with van der Waals surface area (Å²) in [5.74, 6) is -2.53. The molecule has 0 radical (unpaired) electrons. The van der Waals surface area contributed by atoms with E-state index in [0.29, 0.717) is 5.56 Å². The normalized spacial score (nSPS) is 18.5. The molecule has 3 heterocycles. The van der Waals surface area contributed by atoms with Gasteiger partial charge in [-0.25, -0.2) is 14.2 Å². The van der Waals surface area contributed by atoms with E-state index in [1.54, 1.807) is 6.92 Å². The Morgan fingerprint density at radius 3 is 2.37 bits per heavy atom. The van der Waals surface area contributed by atoms with Gasteiger partial charge in [-0.05, 0) is 30.7 Å². The van der Waals surface area contributed by atoms with Crippen LogP contribution in [0.1, 0.15) is 24.1 Å². The zero-order chi connectivity index (χ0) is 25.7. The fourth-order valence-corrected chi connectivity index (χ4v) is 4.66. The first kappa shape index (κ1) is 24.7. The number of hydrogen-bond donors (Lipinski definition) is 1. The molecule has 2 aromatic rings. The molecule has 35 heavy (non-hydrogen) atoms. The number of likely N-dealkylation sites (tertiary alicyclic amines) is 1. The minimum Gasteiger partial charge on any atom is -0.341 e. The summed E-state index contributed by atoms with van der Waals surface area (Å²) in [5, 5.41) is 2.44. The summed E-state index contributed by atoms with van der Waals surface area (Å²) in [4.78, 5) is 46.5. The number of amides is 4. The molecule has 8 nitrogen and oxygen atoms in total. The SMILES string of the molecule is CNC(=O)N1CC2(C1)C(=O)N(c1ncc(Cl)cc1F)CC(=O)N2C(C)c1ccc(C(F)(F)F)cc1. The van der Waals surface area contributed by atoms with Crippen LogP contribution < -0.4 is 10.2 Å². The van der Waals surface area contributed by atoms with E-state index >= 15 is 0 Å². The summed E-state index contributed by atoms with van der Waals surface area (Å²) in [7, 11) is 1.41. The van der Waals surface area contributed by atoms with Crippen LogP contribution in [0.2, 0.25) is 5.02 Å². The maximum Gasteiger partial charge on any atom is 0.416 e. The number of rotatable bonds is 3. The number of pyridine rings is 1. The number of carbonyl (C=O) groups excluding carboxylic acids is 3. The van der Waals surface area contributed by atoms with E-state index in [-0.39, 0.29) is 23.9 Å². The van der Waals surface area contributed by atoms with Crippen LogP contribution in [0, 0.1) is 5.82 Å². The molecule has 1 aromatic heterocycles. The summed E-state index contributed by atoms with van der Waals surface area (Å²) >= 11 is 5.75. The number of halogens is 5. The number of alkyl halides is 3. The van der Waals surface area contributed by atoms with E-state index in [1.165, 1.54) is 29.0 Å². The molecule has 1 aromatic carbocycles. The lowest BCUT2D eigenvalue weighted by atomic mass is 9.81. The quantitative estimate of drug-likeness (QED) is 0.639. The molecule has 1 spiro atoms. The first-order chi connectivity index (χ1) is 16.4. The highest BCUT2D eigenvalue weighted by atomic mass is 35.5. The molecule has 13 heteroatoms. The van der Waals surface area contributed by atoms with E-state index in [2.05, 4.69) is 10.3 Å². The summed E-state index contributed by atoms with van der Waals surface area (Å²) in [6.45, 7) is 0.661. The van der Waals surface area contributed by atoms with E-state index in [4.69, 9.17) is 11.6 Å². The van der Waals surface area contributed by atoms with Gasteiger partial charge in [0, 0.05) is 13.2 Å². The Hall–Kier alpha value is -3.41. The monoisotopic (exact) mass is 513 g/mol. The highest BCUT2D eigenvalue weighted by Crippen LogP contribution is 2.41. The van der Waals surface area contributed by atoms with Crippen molar-refractivity contribution >= 4 is 35.3 Å². The first-order valence-electron chi connectivity index (χ1n) is 10.5. The van der Waals surface area contributed by atoms with Crippen LogP contribution in [-0.2, 0) is 15.8 Å². The van der Waals surface area contributed by atoms with E-state index in [1.807, 2.05) is 0 Å². The Bertz CT molecular complexity index is 1180. The molecule has 1 atom stereocenters. The van der Waals surface area contributed by atoms with Crippen LogP contribution in [0.4, 0.5) is 28.2 Å². The fourth-order valence-electron chi connectivity index (χ4n) is 4.51. The lowest BCUT2D eigenvalue weighted by molar-refractivity contribution is -0.164. The van der Waals surface area contributed by atoms with Crippen molar-refractivity contribution in [2.45, 2.75) is 24.7 Å². The van der Waals surface area contributed by atoms with Crippen LogP contribution in [-0.4, -0.2) is 64.9 Å².